The Morgan fingerprint density at radius 2 is 1.56 bits per heavy atom. The highest BCUT2D eigenvalue weighted by Gasteiger charge is 2.19. The fourth-order valence-electron chi connectivity index (χ4n) is 4.22. The van der Waals surface area contributed by atoms with E-state index in [0.717, 1.165) is 49.7 Å². The van der Waals surface area contributed by atoms with Crippen molar-refractivity contribution in [1.82, 2.24) is 10.3 Å². The van der Waals surface area contributed by atoms with Gasteiger partial charge in [-0.05, 0) is 53.6 Å². The first kappa shape index (κ1) is 25.1. The summed E-state index contributed by atoms with van der Waals surface area (Å²) in [5.41, 5.74) is 6.24. The van der Waals surface area contributed by atoms with E-state index in [1.807, 2.05) is 48.5 Å². The molecule has 3 aromatic rings. The van der Waals surface area contributed by atoms with Crippen LogP contribution < -0.4 is 24.5 Å². The Kier molecular flexibility index (Phi) is 8.41. The second-order valence-electron chi connectivity index (χ2n) is 8.45. The number of carbonyl (C=O) groups is 1. The quantitative estimate of drug-likeness (QED) is 0.365. The summed E-state index contributed by atoms with van der Waals surface area (Å²) in [7, 11) is 4.87. The lowest BCUT2D eigenvalue weighted by atomic mass is 10.1. The van der Waals surface area contributed by atoms with Crippen molar-refractivity contribution in [3.8, 4) is 17.2 Å². The van der Waals surface area contributed by atoms with E-state index in [9.17, 15) is 4.79 Å². The number of hydrazone groups is 1. The molecule has 1 amide bonds. The number of benzene rings is 3. The average molecular weight is 489 g/mol. The summed E-state index contributed by atoms with van der Waals surface area (Å²) in [6.07, 6.45) is 1.57. The second-order valence-corrected chi connectivity index (χ2v) is 8.45. The van der Waals surface area contributed by atoms with Gasteiger partial charge in [-0.25, -0.2) is 5.43 Å². The zero-order valence-corrected chi connectivity index (χ0v) is 20.9. The number of nitrogens with one attached hydrogen (secondary N) is 1. The van der Waals surface area contributed by atoms with Gasteiger partial charge in [0.15, 0.2) is 11.5 Å². The van der Waals surface area contributed by atoms with Gasteiger partial charge >= 0.3 is 0 Å². The van der Waals surface area contributed by atoms with Crippen LogP contribution in [0.25, 0.3) is 0 Å². The van der Waals surface area contributed by atoms with E-state index in [0.29, 0.717) is 17.1 Å². The van der Waals surface area contributed by atoms with Gasteiger partial charge in [0.2, 0.25) is 0 Å². The topological polar surface area (TPSA) is 75.6 Å². The normalized spacial score (nSPS) is 14.0. The van der Waals surface area contributed by atoms with Crippen LogP contribution in [0.3, 0.4) is 0 Å². The number of anilines is 1. The highest BCUT2D eigenvalue weighted by molar-refractivity contribution is 5.95. The van der Waals surface area contributed by atoms with E-state index in [2.05, 4.69) is 26.4 Å². The molecule has 0 aromatic heterocycles. The first-order chi connectivity index (χ1) is 17.6. The van der Waals surface area contributed by atoms with Gasteiger partial charge in [0.05, 0.1) is 33.2 Å². The minimum atomic E-state index is -0.260. The number of methoxy groups -OCH3 is 3. The third-order valence-corrected chi connectivity index (χ3v) is 6.21. The van der Waals surface area contributed by atoms with Gasteiger partial charge in [0.25, 0.3) is 5.91 Å². The van der Waals surface area contributed by atoms with E-state index in [1.165, 1.54) is 5.56 Å². The number of para-hydroxylation sites is 2. The van der Waals surface area contributed by atoms with Gasteiger partial charge in [-0.2, -0.15) is 5.10 Å². The van der Waals surface area contributed by atoms with Crippen molar-refractivity contribution < 1.29 is 19.0 Å². The van der Waals surface area contributed by atoms with Crippen LogP contribution in [0.2, 0.25) is 0 Å². The molecule has 3 aromatic carbocycles. The molecule has 4 rings (SSSR count). The lowest BCUT2D eigenvalue weighted by Gasteiger charge is -2.36. The summed E-state index contributed by atoms with van der Waals surface area (Å²) >= 11 is 0. The van der Waals surface area contributed by atoms with Crippen LogP contribution in [0, 0.1) is 0 Å². The highest BCUT2D eigenvalue weighted by Crippen LogP contribution is 2.29. The van der Waals surface area contributed by atoms with Crippen molar-refractivity contribution in [1.29, 1.82) is 0 Å². The molecule has 1 N–H and O–H groups in total. The molecule has 0 aliphatic carbocycles. The third kappa shape index (κ3) is 6.14. The summed E-state index contributed by atoms with van der Waals surface area (Å²) in [4.78, 5) is 17.3. The minimum absolute atomic E-state index is 0.260. The Hall–Kier alpha value is -4.04. The molecule has 1 aliphatic rings. The monoisotopic (exact) mass is 488 g/mol. The molecule has 8 nitrogen and oxygen atoms in total. The van der Waals surface area contributed by atoms with Crippen LogP contribution in [-0.2, 0) is 6.54 Å². The number of rotatable bonds is 9. The van der Waals surface area contributed by atoms with Crippen molar-refractivity contribution in [3.63, 3.8) is 0 Å². The Balaban J connectivity index is 1.27. The summed E-state index contributed by atoms with van der Waals surface area (Å²) in [5.74, 6) is 1.89. The predicted molar refractivity (Wildman–Crippen MR) is 142 cm³/mol. The van der Waals surface area contributed by atoms with Crippen molar-refractivity contribution >= 4 is 17.8 Å². The summed E-state index contributed by atoms with van der Waals surface area (Å²) in [5, 5.41) is 4.07. The molecule has 1 heterocycles. The van der Waals surface area contributed by atoms with Gasteiger partial charge in [-0.1, -0.05) is 24.3 Å². The molecule has 36 heavy (non-hydrogen) atoms. The number of ether oxygens (including phenoxy) is 3. The number of amides is 1. The maximum absolute atomic E-state index is 12.5. The van der Waals surface area contributed by atoms with Crippen LogP contribution in [-0.4, -0.2) is 64.5 Å². The number of nitrogens with zero attached hydrogens (tertiary/aromatic N) is 3. The van der Waals surface area contributed by atoms with Gasteiger partial charge in [-0.15, -0.1) is 0 Å². The van der Waals surface area contributed by atoms with Gasteiger partial charge in [-0.3, -0.25) is 9.69 Å². The Morgan fingerprint density at radius 1 is 0.861 bits per heavy atom. The maximum atomic E-state index is 12.5. The fourth-order valence-corrected chi connectivity index (χ4v) is 4.22. The Morgan fingerprint density at radius 3 is 2.25 bits per heavy atom. The molecule has 0 bridgehead atoms. The van der Waals surface area contributed by atoms with Crippen LogP contribution in [0.1, 0.15) is 21.5 Å². The van der Waals surface area contributed by atoms with E-state index in [1.54, 1.807) is 39.7 Å². The zero-order chi connectivity index (χ0) is 25.3. The van der Waals surface area contributed by atoms with E-state index < -0.39 is 0 Å². The van der Waals surface area contributed by atoms with Crippen LogP contribution in [0.4, 0.5) is 5.69 Å². The van der Waals surface area contributed by atoms with Crippen LogP contribution in [0.15, 0.2) is 71.8 Å². The molecule has 0 spiro atoms. The Labute approximate surface area is 212 Å². The lowest BCUT2D eigenvalue weighted by molar-refractivity contribution is 0.0955. The minimum Gasteiger partial charge on any atom is -0.495 e. The van der Waals surface area contributed by atoms with E-state index >= 15 is 0 Å². The van der Waals surface area contributed by atoms with Crippen molar-refractivity contribution in [2.45, 2.75) is 6.54 Å². The highest BCUT2D eigenvalue weighted by atomic mass is 16.5. The molecule has 0 radical (unpaired) electrons. The molecule has 0 unspecified atom stereocenters. The first-order valence-electron chi connectivity index (χ1n) is 11.9. The molecule has 188 valence electrons. The second kappa shape index (κ2) is 12.1. The smallest absolute Gasteiger partial charge is 0.271 e. The number of hydrogen-bond acceptors (Lipinski definition) is 7. The van der Waals surface area contributed by atoms with Gasteiger partial charge in [0.1, 0.15) is 5.75 Å². The zero-order valence-electron chi connectivity index (χ0n) is 20.9. The first-order valence-corrected chi connectivity index (χ1v) is 11.9. The molecule has 8 heteroatoms. The number of piperazine rings is 1. The van der Waals surface area contributed by atoms with Crippen molar-refractivity contribution in [2.24, 2.45) is 5.10 Å². The number of carbonyl (C=O) groups excluding carboxylic acids is 1. The predicted octanol–water partition coefficient (Wildman–Crippen LogP) is 3.80. The Bertz CT molecular complexity index is 1190. The summed E-state index contributed by atoms with van der Waals surface area (Å²) in [6, 6.07) is 21.2. The summed E-state index contributed by atoms with van der Waals surface area (Å²) < 4.78 is 16.0. The third-order valence-electron chi connectivity index (χ3n) is 6.21. The molecule has 1 fully saturated rings. The molecular formula is C28H32N4O4. The molecule has 1 aliphatic heterocycles. The summed E-state index contributed by atoms with van der Waals surface area (Å²) in [6.45, 7) is 4.66. The van der Waals surface area contributed by atoms with Gasteiger partial charge in [0, 0.05) is 38.3 Å². The van der Waals surface area contributed by atoms with E-state index in [4.69, 9.17) is 14.2 Å². The van der Waals surface area contributed by atoms with Gasteiger partial charge < -0.3 is 19.1 Å². The standard InChI is InChI=1S/C28H32N4O4/c1-34-25-7-5-4-6-24(25)32-16-14-31(15-17-32)20-21-8-11-23(12-9-21)28(33)30-29-19-22-10-13-26(35-2)27(18-22)36-3/h4-13,18-19H,14-17,20H2,1-3H3,(H,30,33)/b29-19-. The average Bonchev–Trinajstić information content (AvgIpc) is 2.93. The van der Waals surface area contributed by atoms with Crippen molar-refractivity contribution in [2.75, 3.05) is 52.4 Å². The number of hydrogen-bond donors (Lipinski definition) is 1. The molecule has 1 saturated heterocycles. The largest absolute Gasteiger partial charge is 0.495 e. The lowest BCUT2D eigenvalue weighted by Crippen LogP contribution is -2.46. The van der Waals surface area contributed by atoms with Crippen LogP contribution >= 0.6 is 0 Å². The van der Waals surface area contributed by atoms with Crippen LogP contribution in [0.5, 0.6) is 17.2 Å². The molecule has 0 atom stereocenters. The fraction of sp³-hybridized carbons (Fsp3) is 0.286. The molecular weight excluding hydrogens is 456 g/mol. The van der Waals surface area contributed by atoms with E-state index in [-0.39, 0.29) is 5.91 Å². The molecule has 0 saturated carbocycles. The van der Waals surface area contributed by atoms with Crippen molar-refractivity contribution in [3.05, 3.63) is 83.4 Å². The SMILES string of the molecule is COc1ccc(/C=N\NC(=O)c2ccc(CN3CCN(c4ccccc4OC)CC3)cc2)cc1OC. The maximum Gasteiger partial charge on any atom is 0.271 e.